The van der Waals surface area contributed by atoms with Crippen LogP contribution in [0.5, 0.6) is 0 Å². The Hall–Kier alpha value is -4.04. The lowest BCUT2D eigenvalue weighted by Gasteiger charge is -2.28. The summed E-state index contributed by atoms with van der Waals surface area (Å²) in [6.07, 6.45) is 2.01. The number of carbonyl (C=O) groups excluding carboxylic acids is 1. The molecule has 1 aliphatic heterocycles. The number of aryl methyl sites for hydroxylation is 2. The number of aromatic nitrogens is 2. The summed E-state index contributed by atoms with van der Waals surface area (Å²) in [6.45, 7) is 8.96. The Morgan fingerprint density at radius 1 is 1.05 bits per heavy atom. The van der Waals surface area contributed by atoms with Gasteiger partial charge in [0, 0.05) is 41.9 Å². The summed E-state index contributed by atoms with van der Waals surface area (Å²) < 4.78 is 15.6. The summed E-state index contributed by atoms with van der Waals surface area (Å²) in [4.78, 5) is 19.6. The Morgan fingerprint density at radius 3 is 2.54 bits per heavy atom. The average Bonchev–Trinajstić information content (AvgIpc) is 3.40. The first-order valence-electron chi connectivity index (χ1n) is 13.0. The van der Waals surface area contributed by atoms with Crippen molar-refractivity contribution in [3.63, 3.8) is 0 Å². The number of benzene rings is 2. The molecule has 200 valence electrons. The first-order chi connectivity index (χ1) is 18.7. The van der Waals surface area contributed by atoms with E-state index in [1.807, 2.05) is 18.2 Å². The van der Waals surface area contributed by atoms with Crippen molar-refractivity contribution >= 4 is 28.9 Å². The zero-order chi connectivity index (χ0) is 27.7. The van der Waals surface area contributed by atoms with Crippen LogP contribution in [-0.4, -0.2) is 32.0 Å². The highest BCUT2D eigenvalue weighted by Crippen LogP contribution is 2.41. The van der Waals surface area contributed by atoms with Crippen molar-refractivity contribution in [2.45, 2.75) is 46.2 Å². The van der Waals surface area contributed by atoms with E-state index in [4.69, 9.17) is 12.2 Å². The number of nitrogens with one attached hydrogen (secondary N) is 2. The van der Waals surface area contributed by atoms with E-state index in [9.17, 15) is 9.18 Å². The molecule has 5 rings (SSSR count). The molecule has 2 atom stereocenters. The molecule has 2 aromatic heterocycles. The molecule has 0 aliphatic carbocycles. The van der Waals surface area contributed by atoms with Gasteiger partial charge in [0.1, 0.15) is 5.82 Å². The first-order valence-corrected chi connectivity index (χ1v) is 13.4. The van der Waals surface area contributed by atoms with E-state index >= 15 is 0 Å². The quantitative estimate of drug-likeness (QED) is 0.271. The molecule has 0 spiro atoms. The van der Waals surface area contributed by atoms with Crippen LogP contribution in [0.2, 0.25) is 0 Å². The van der Waals surface area contributed by atoms with Gasteiger partial charge in [-0.2, -0.15) is 0 Å². The number of anilines is 1. The molecule has 2 N–H and O–H groups in total. The largest absolute Gasteiger partial charge is 0.352 e. The number of thiocarbonyl (C=S) groups is 1. The van der Waals surface area contributed by atoms with Gasteiger partial charge in [0.15, 0.2) is 5.11 Å². The third-order valence-electron chi connectivity index (χ3n) is 7.51. The second-order valence-corrected chi connectivity index (χ2v) is 10.4. The molecule has 0 bridgehead atoms. The number of carbonyl (C=O) groups is 1. The molecule has 1 aliphatic rings. The van der Waals surface area contributed by atoms with Gasteiger partial charge in [-0.1, -0.05) is 18.2 Å². The summed E-state index contributed by atoms with van der Waals surface area (Å²) in [5.74, 6) is -0.506. The predicted molar refractivity (Wildman–Crippen MR) is 157 cm³/mol. The summed E-state index contributed by atoms with van der Waals surface area (Å²) in [5.41, 5.74) is 8.47. The van der Waals surface area contributed by atoms with Crippen LogP contribution in [0.3, 0.4) is 0 Å². The second kappa shape index (κ2) is 11.0. The van der Waals surface area contributed by atoms with Gasteiger partial charge >= 0.3 is 0 Å². The lowest BCUT2D eigenvalue weighted by molar-refractivity contribution is -0.116. The summed E-state index contributed by atoms with van der Waals surface area (Å²) >= 11 is 5.81. The summed E-state index contributed by atoms with van der Waals surface area (Å²) in [7, 11) is 0. The molecule has 1 fully saturated rings. The Morgan fingerprint density at radius 2 is 1.82 bits per heavy atom. The molecular weight excluding hydrogens is 509 g/mol. The monoisotopic (exact) mass is 541 g/mol. The molecular formula is C31H32FN5OS. The molecule has 1 saturated heterocycles. The Labute approximate surface area is 233 Å². The molecule has 0 unspecified atom stereocenters. The van der Waals surface area contributed by atoms with Gasteiger partial charge in [-0.15, -0.1) is 0 Å². The minimum Gasteiger partial charge on any atom is -0.352 e. The SMILES string of the molecule is Cc1cccc(-n2c(C)cc([C@H]3[C@H](c4ccccn4)NC(=S)N3CCC(=O)Nc3ccc(F)cc3)c2C)c1C. The molecule has 6 nitrogen and oxygen atoms in total. The van der Waals surface area contributed by atoms with Gasteiger partial charge in [-0.3, -0.25) is 9.78 Å². The van der Waals surface area contributed by atoms with E-state index < -0.39 is 0 Å². The first kappa shape index (κ1) is 26.6. The fourth-order valence-corrected chi connectivity index (χ4v) is 5.73. The number of nitrogens with zero attached hydrogens (tertiary/aromatic N) is 3. The van der Waals surface area contributed by atoms with Crippen LogP contribution in [0, 0.1) is 33.5 Å². The van der Waals surface area contributed by atoms with Crippen molar-refractivity contribution < 1.29 is 9.18 Å². The van der Waals surface area contributed by atoms with Crippen LogP contribution in [0.25, 0.3) is 5.69 Å². The Kier molecular flexibility index (Phi) is 7.48. The molecule has 8 heteroatoms. The highest BCUT2D eigenvalue weighted by Gasteiger charge is 2.41. The average molecular weight is 542 g/mol. The minimum atomic E-state index is -0.344. The van der Waals surface area contributed by atoms with E-state index in [1.165, 1.54) is 23.3 Å². The van der Waals surface area contributed by atoms with Crippen LogP contribution >= 0.6 is 12.2 Å². The third-order valence-corrected chi connectivity index (χ3v) is 7.86. The maximum Gasteiger partial charge on any atom is 0.226 e. The fraction of sp³-hybridized carbons (Fsp3) is 0.258. The Balaban J connectivity index is 1.48. The number of pyridine rings is 1. The van der Waals surface area contributed by atoms with Gasteiger partial charge in [-0.25, -0.2) is 4.39 Å². The molecule has 0 saturated carbocycles. The topological polar surface area (TPSA) is 62.2 Å². The van der Waals surface area contributed by atoms with Crippen molar-refractivity contribution in [3.05, 3.63) is 113 Å². The van der Waals surface area contributed by atoms with Crippen LogP contribution in [0.1, 0.15) is 52.3 Å². The van der Waals surface area contributed by atoms with Gasteiger partial charge in [0.2, 0.25) is 5.91 Å². The van der Waals surface area contributed by atoms with E-state index in [2.05, 4.69) is 77.0 Å². The van der Waals surface area contributed by atoms with Gasteiger partial charge in [-0.05, 0) is 105 Å². The summed E-state index contributed by atoms with van der Waals surface area (Å²) in [6, 6.07) is 19.9. The van der Waals surface area contributed by atoms with Gasteiger partial charge in [0.05, 0.1) is 17.8 Å². The number of rotatable bonds is 7. The van der Waals surface area contributed by atoms with Crippen molar-refractivity contribution in [2.24, 2.45) is 0 Å². The molecule has 3 heterocycles. The molecule has 4 aromatic rings. The van der Waals surface area contributed by atoms with Crippen LogP contribution in [-0.2, 0) is 4.79 Å². The highest BCUT2D eigenvalue weighted by molar-refractivity contribution is 7.80. The molecule has 2 aromatic carbocycles. The normalized spacial score (nSPS) is 16.8. The van der Waals surface area contributed by atoms with E-state index in [0.29, 0.717) is 17.3 Å². The van der Waals surface area contributed by atoms with Crippen molar-refractivity contribution in [2.75, 3.05) is 11.9 Å². The third kappa shape index (κ3) is 5.29. The van der Waals surface area contributed by atoms with Crippen molar-refractivity contribution in [1.29, 1.82) is 0 Å². The molecule has 0 radical (unpaired) electrons. The number of amides is 1. The van der Waals surface area contributed by atoms with E-state index in [0.717, 1.165) is 28.3 Å². The zero-order valence-electron chi connectivity index (χ0n) is 22.5. The lowest BCUT2D eigenvalue weighted by atomic mass is 9.96. The van der Waals surface area contributed by atoms with Gasteiger partial charge in [0.25, 0.3) is 0 Å². The smallest absolute Gasteiger partial charge is 0.226 e. The van der Waals surface area contributed by atoms with Crippen LogP contribution in [0.4, 0.5) is 10.1 Å². The Bertz CT molecular complexity index is 1520. The maximum atomic E-state index is 13.3. The lowest BCUT2D eigenvalue weighted by Crippen LogP contribution is -2.32. The minimum absolute atomic E-state index is 0.156. The standard InChI is InChI=1S/C31H32FN5OS/c1-19-8-7-10-27(21(19)3)37-20(2)18-25(22(37)4)30-29(26-9-5-6-16-33-26)35-31(39)36(30)17-15-28(38)34-24-13-11-23(32)12-14-24/h5-14,16,18,29-30H,15,17H2,1-4H3,(H,34,38)(H,35,39)/t29-,30-/m0/s1. The van der Waals surface area contributed by atoms with Crippen LogP contribution in [0.15, 0.2) is 72.9 Å². The van der Waals surface area contributed by atoms with E-state index in [1.54, 1.807) is 18.3 Å². The van der Waals surface area contributed by atoms with Crippen LogP contribution < -0.4 is 10.6 Å². The predicted octanol–water partition coefficient (Wildman–Crippen LogP) is 6.25. The second-order valence-electron chi connectivity index (χ2n) is 10.0. The molecule has 1 amide bonds. The number of hydrogen-bond acceptors (Lipinski definition) is 3. The number of hydrogen-bond donors (Lipinski definition) is 2. The highest BCUT2D eigenvalue weighted by atomic mass is 32.1. The molecule has 39 heavy (non-hydrogen) atoms. The zero-order valence-corrected chi connectivity index (χ0v) is 23.3. The summed E-state index contributed by atoms with van der Waals surface area (Å²) in [5, 5.41) is 6.91. The number of halogens is 1. The van der Waals surface area contributed by atoms with E-state index in [-0.39, 0.29) is 30.2 Å². The van der Waals surface area contributed by atoms with Crippen molar-refractivity contribution in [1.82, 2.24) is 19.8 Å². The fourth-order valence-electron chi connectivity index (χ4n) is 5.40. The van der Waals surface area contributed by atoms with Gasteiger partial charge < -0.3 is 20.1 Å². The van der Waals surface area contributed by atoms with Crippen molar-refractivity contribution in [3.8, 4) is 5.69 Å². The maximum absolute atomic E-state index is 13.3.